The molecule has 0 aromatic heterocycles. The van der Waals surface area contributed by atoms with Gasteiger partial charge in [0.25, 0.3) is 0 Å². The molecule has 0 bridgehead atoms. The van der Waals surface area contributed by atoms with Gasteiger partial charge >= 0.3 is 0 Å². The number of amides is 1. The number of halogens is 1. The molecule has 0 radical (unpaired) electrons. The largest absolute Gasteiger partial charge is 0.497 e. The van der Waals surface area contributed by atoms with Crippen LogP contribution in [0.1, 0.15) is 5.56 Å². The molecular weight excluding hydrogens is 480 g/mol. The third kappa shape index (κ3) is 5.72. The molecular formula is C23H23BrN2O4S. The van der Waals surface area contributed by atoms with Gasteiger partial charge < -0.3 is 9.64 Å². The molecule has 3 rings (SSSR count). The van der Waals surface area contributed by atoms with Gasteiger partial charge in [0.1, 0.15) is 5.75 Å². The van der Waals surface area contributed by atoms with E-state index >= 15 is 0 Å². The van der Waals surface area contributed by atoms with Gasteiger partial charge in [0.05, 0.1) is 18.6 Å². The Morgan fingerprint density at radius 3 is 2.13 bits per heavy atom. The first-order valence-corrected chi connectivity index (χ1v) is 11.7. The van der Waals surface area contributed by atoms with Crippen LogP contribution in [-0.2, 0) is 21.4 Å². The third-order valence-corrected chi connectivity index (χ3v) is 7.13. The van der Waals surface area contributed by atoms with E-state index in [9.17, 15) is 13.2 Å². The van der Waals surface area contributed by atoms with Gasteiger partial charge in [-0.05, 0) is 54.1 Å². The smallest absolute Gasteiger partial charge is 0.243 e. The molecule has 0 fully saturated rings. The van der Waals surface area contributed by atoms with Crippen LogP contribution in [-0.4, -0.2) is 39.3 Å². The van der Waals surface area contributed by atoms with Crippen molar-refractivity contribution in [3.8, 4) is 5.75 Å². The third-order valence-electron chi connectivity index (χ3n) is 4.80. The quantitative estimate of drug-likeness (QED) is 0.460. The number of ether oxygens (including phenoxy) is 1. The molecule has 0 N–H and O–H groups in total. The lowest BCUT2D eigenvalue weighted by atomic mass is 10.2. The summed E-state index contributed by atoms with van der Waals surface area (Å²) in [6.45, 7) is -0.220. The summed E-state index contributed by atoms with van der Waals surface area (Å²) in [7, 11) is -0.687. The normalized spacial score (nSPS) is 11.4. The second kappa shape index (κ2) is 10.1. The van der Waals surface area contributed by atoms with Crippen LogP contribution in [0.5, 0.6) is 5.75 Å². The molecule has 0 aliphatic carbocycles. The van der Waals surface area contributed by atoms with Gasteiger partial charge in [-0.1, -0.05) is 46.3 Å². The maximum atomic E-state index is 13.3. The lowest BCUT2D eigenvalue weighted by Gasteiger charge is -2.25. The highest BCUT2D eigenvalue weighted by Gasteiger charge is 2.28. The van der Waals surface area contributed by atoms with E-state index in [0.717, 1.165) is 10.0 Å². The van der Waals surface area contributed by atoms with E-state index in [-0.39, 0.29) is 23.9 Å². The molecule has 3 aromatic carbocycles. The summed E-state index contributed by atoms with van der Waals surface area (Å²) in [6, 6.07) is 22.5. The minimum atomic E-state index is -3.88. The fourth-order valence-electron chi connectivity index (χ4n) is 2.97. The summed E-state index contributed by atoms with van der Waals surface area (Å²) in [5.74, 6) is 0.329. The summed E-state index contributed by atoms with van der Waals surface area (Å²) >= 11 is 3.38. The molecule has 0 heterocycles. The first kappa shape index (κ1) is 23.0. The minimum absolute atomic E-state index is 0.0761. The number of nitrogens with zero attached hydrogens (tertiary/aromatic N) is 2. The van der Waals surface area contributed by atoms with Crippen LogP contribution in [0.25, 0.3) is 0 Å². The van der Waals surface area contributed by atoms with Gasteiger partial charge in [0, 0.05) is 23.8 Å². The molecule has 0 unspecified atom stereocenters. The predicted octanol–water partition coefficient (Wildman–Crippen LogP) is 4.31. The fourth-order valence-corrected chi connectivity index (χ4v) is 4.63. The average molecular weight is 503 g/mol. The highest BCUT2D eigenvalue weighted by molar-refractivity contribution is 9.10. The standard InChI is InChI=1S/C23H23BrN2O4S/c1-25(20-12-14-21(30-2)15-13-20)23(27)17-26(16-18-8-10-19(24)11-9-18)31(28,29)22-6-4-3-5-7-22/h3-15H,16-17H2,1-2H3. The zero-order valence-corrected chi connectivity index (χ0v) is 19.6. The number of carbonyl (C=O) groups excluding carboxylic acids is 1. The van der Waals surface area contributed by atoms with Gasteiger partial charge in [-0.3, -0.25) is 4.79 Å². The lowest BCUT2D eigenvalue weighted by Crippen LogP contribution is -2.41. The molecule has 0 aliphatic rings. The van der Waals surface area contributed by atoms with E-state index in [1.54, 1.807) is 56.6 Å². The van der Waals surface area contributed by atoms with E-state index < -0.39 is 10.0 Å². The van der Waals surface area contributed by atoms with E-state index in [2.05, 4.69) is 15.9 Å². The van der Waals surface area contributed by atoms with Crippen molar-refractivity contribution in [2.75, 3.05) is 25.6 Å². The second-order valence-electron chi connectivity index (χ2n) is 6.86. The van der Waals surface area contributed by atoms with Crippen molar-refractivity contribution >= 4 is 37.5 Å². The van der Waals surface area contributed by atoms with Gasteiger partial charge in [-0.25, -0.2) is 8.42 Å². The number of rotatable bonds is 8. The van der Waals surface area contributed by atoms with Crippen LogP contribution in [0.4, 0.5) is 5.69 Å². The van der Waals surface area contributed by atoms with Crippen molar-refractivity contribution < 1.29 is 17.9 Å². The lowest BCUT2D eigenvalue weighted by molar-refractivity contribution is -0.118. The first-order chi connectivity index (χ1) is 14.8. The van der Waals surface area contributed by atoms with Crippen LogP contribution in [0.3, 0.4) is 0 Å². The monoisotopic (exact) mass is 502 g/mol. The van der Waals surface area contributed by atoms with Crippen molar-refractivity contribution in [3.05, 3.63) is 88.9 Å². The topological polar surface area (TPSA) is 66.9 Å². The Kier molecular flexibility index (Phi) is 7.48. The van der Waals surface area contributed by atoms with Crippen LogP contribution >= 0.6 is 15.9 Å². The number of benzene rings is 3. The SMILES string of the molecule is COc1ccc(N(C)C(=O)CN(Cc2ccc(Br)cc2)S(=O)(=O)c2ccccc2)cc1. The molecule has 0 aliphatic heterocycles. The zero-order valence-electron chi connectivity index (χ0n) is 17.2. The van der Waals surface area contributed by atoms with E-state index in [1.165, 1.54) is 21.3 Å². The molecule has 162 valence electrons. The maximum absolute atomic E-state index is 13.3. The molecule has 1 amide bonds. The summed E-state index contributed by atoms with van der Waals surface area (Å²) in [5.41, 5.74) is 1.43. The number of likely N-dealkylation sites (N-methyl/N-ethyl adjacent to an activating group) is 1. The van der Waals surface area contributed by atoms with Crippen LogP contribution in [0.15, 0.2) is 88.2 Å². The van der Waals surface area contributed by atoms with E-state index in [0.29, 0.717) is 11.4 Å². The number of hydrogen-bond acceptors (Lipinski definition) is 4. The summed E-state index contributed by atoms with van der Waals surface area (Å²) in [6.07, 6.45) is 0. The van der Waals surface area contributed by atoms with Crippen molar-refractivity contribution in [1.29, 1.82) is 0 Å². The molecule has 0 saturated heterocycles. The summed E-state index contributed by atoms with van der Waals surface area (Å²) < 4.78 is 33.9. The second-order valence-corrected chi connectivity index (χ2v) is 9.72. The number of carbonyl (C=O) groups is 1. The zero-order chi connectivity index (χ0) is 22.4. The van der Waals surface area contributed by atoms with Crippen molar-refractivity contribution in [3.63, 3.8) is 0 Å². The van der Waals surface area contributed by atoms with E-state index in [4.69, 9.17) is 4.74 Å². The maximum Gasteiger partial charge on any atom is 0.243 e. The fraction of sp³-hybridized carbons (Fsp3) is 0.174. The molecule has 0 saturated carbocycles. The Morgan fingerprint density at radius 1 is 0.935 bits per heavy atom. The van der Waals surface area contributed by atoms with Gasteiger partial charge in [-0.2, -0.15) is 4.31 Å². The molecule has 0 spiro atoms. The molecule has 8 heteroatoms. The van der Waals surface area contributed by atoms with Crippen molar-refractivity contribution in [2.24, 2.45) is 0 Å². The number of hydrogen-bond donors (Lipinski definition) is 0. The first-order valence-electron chi connectivity index (χ1n) is 9.51. The average Bonchev–Trinajstić information content (AvgIpc) is 2.80. The highest BCUT2D eigenvalue weighted by Crippen LogP contribution is 2.22. The predicted molar refractivity (Wildman–Crippen MR) is 125 cm³/mol. The Morgan fingerprint density at radius 2 is 1.55 bits per heavy atom. The van der Waals surface area contributed by atoms with Crippen LogP contribution in [0, 0.1) is 0 Å². The van der Waals surface area contributed by atoms with Gasteiger partial charge in [0.15, 0.2) is 0 Å². The highest BCUT2D eigenvalue weighted by atomic mass is 79.9. The number of methoxy groups -OCH3 is 1. The van der Waals surface area contributed by atoms with Crippen molar-refractivity contribution in [1.82, 2.24) is 4.31 Å². The van der Waals surface area contributed by atoms with E-state index in [1.807, 2.05) is 24.3 Å². The van der Waals surface area contributed by atoms with Crippen molar-refractivity contribution in [2.45, 2.75) is 11.4 Å². The molecule has 0 atom stereocenters. The molecule has 3 aromatic rings. The summed E-state index contributed by atoms with van der Waals surface area (Å²) in [4.78, 5) is 14.6. The molecule has 6 nitrogen and oxygen atoms in total. The number of anilines is 1. The van der Waals surface area contributed by atoms with Gasteiger partial charge in [0.2, 0.25) is 15.9 Å². The Bertz CT molecular complexity index is 1120. The summed E-state index contributed by atoms with van der Waals surface area (Å²) in [5, 5.41) is 0. The van der Waals surface area contributed by atoms with Crippen LogP contribution < -0.4 is 9.64 Å². The van der Waals surface area contributed by atoms with Gasteiger partial charge in [-0.15, -0.1) is 0 Å². The Hall–Kier alpha value is -2.68. The Labute approximate surface area is 191 Å². The molecule has 31 heavy (non-hydrogen) atoms. The van der Waals surface area contributed by atoms with Crippen LogP contribution in [0.2, 0.25) is 0 Å². The minimum Gasteiger partial charge on any atom is -0.497 e. The number of sulfonamides is 1. The Balaban J connectivity index is 1.87.